The summed E-state index contributed by atoms with van der Waals surface area (Å²) in [6.45, 7) is -0.441. The Morgan fingerprint density at radius 3 is 2.59 bits per heavy atom. The number of hydrogen-bond acceptors (Lipinski definition) is 5. The first-order chi connectivity index (χ1) is 15.2. The highest BCUT2D eigenvalue weighted by molar-refractivity contribution is 5.90. The number of carbonyl (C=O) groups is 1. The molecule has 0 bridgehead atoms. The van der Waals surface area contributed by atoms with Gasteiger partial charge in [-0.3, -0.25) is 14.2 Å². The maximum absolute atomic E-state index is 13.2. The highest BCUT2D eigenvalue weighted by Gasteiger charge is 2.34. The fraction of sp³-hybridized carbons (Fsp3) is 0.250. The zero-order chi connectivity index (χ0) is 22.6. The molecule has 4 aromatic heterocycles. The Kier molecular flexibility index (Phi) is 4.46. The van der Waals surface area contributed by atoms with Crippen molar-refractivity contribution in [3.05, 3.63) is 64.1 Å². The molecule has 0 unspecified atom stereocenters. The number of carbonyl (C=O) groups excluding carboxylic acids is 1. The Morgan fingerprint density at radius 1 is 1.16 bits per heavy atom. The molecule has 0 saturated heterocycles. The molecule has 32 heavy (non-hydrogen) atoms. The van der Waals surface area contributed by atoms with Gasteiger partial charge in [-0.15, -0.1) is 0 Å². The molecule has 0 atom stereocenters. The molecular weight excluding hydrogens is 432 g/mol. The lowest BCUT2D eigenvalue weighted by atomic mass is 10.2. The molecule has 164 valence electrons. The third-order valence-electron chi connectivity index (χ3n) is 5.18. The summed E-state index contributed by atoms with van der Waals surface area (Å²) in [6, 6.07) is 4.13. The van der Waals surface area contributed by atoms with Gasteiger partial charge in [0.2, 0.25) is 5.91 Å². The Balaban J connectivity index is 1.64. The van der Waals surface area contributed by atoms with E-state index >= 15 is 0 Å². The maximum Gasteiger partial charge on any atom is 0.433 e. The number of rotatable bonds is 4. The van der Waals surface area contributed by atoms with Crippen LogP contribution in [0.2, 0.25) is 0 Å². The zero-order valence-electron chi connectivity index (χ0n) is 16.2. The van der Waals surface area contributed by atoms with E-state index in [2.05, 4.69) is 20.4 Å². The number of alkyl halides is 3. The van der Waals surface area contributed by atoms with Gasteiger partial charge in [0.1, 0.15) is 29.5 Å². The summed E-state index contributed by atoms with van der Waals surface area (Å²) >= 11 is 0. The molecule has 0 aromatic carbocycles. The van der Waals surface area contributed by atoms with Crippen molar-refractivity contribution in [1.82, 2.24) is 24.1 Å². The van der Waals surface area contributed by atoms with Gasteiger partial charge in [-0.2, -0.15) is 22.8 Å². The van der Waals surface area contributed by atoms with Crippen molar-refractivity contribution in [2.75, 3.05) is 5.32 Å². The third-order valence-corrected chi connectivity index (χ3v) is 5.18. The minimum atomic E-state index is -4.69. The van der Waals surface area contributed by atoms with E-state index in [0.717, 1.165) is 35.7 Å². The molecule has 4 heterocycles. The van der Waals surface area contributed by atoms with Crippen molar-refractivity contribution in [2.45, 2.75) is 31.5 Å². The summed E-state index contributed by atoms with van der Waals surface area (Å²) < 4.78 is 54.9. The first-order valence-corrected chi connectivity index (χ1v) is 9.62. The lowest BCUT2D eigenvalue weighted by molar-refractivity contribution is -0.141. The van der Waals surface area contributed by atoms with Gasteiger partial charge in [0.15, 0.2) is 5.65 Å². The van der Waals surface area contributed by atoms with E-state index in [1.807, 2.05) is 0 Å². The van der Waals surface area contributed by atoms with Crippen molar-refractivity contribution >= 4 is 28.4 Å². The smallest absolute Gasteiger partial charge is 0.309 e. The van der Waals surface area contributed by atoms with E-state index in [4.69, 9.17) is 0 Å². The van der Waals surface area contributed by atoms with Crippen LogP contribution < -0.4 is 10.9 Å². The van der Waals surface area contributed by atoms with E-state index in [1.165, 1.54) is 16.8 Å². The average molecular weight is 446 g/mol. The summed E-state index contributed by atoms with van der Waals surface area (Å²) in [4.78, 5) is 33.2. The maximum atomic E-state index is 13.2. The minimum Gasteiger partial charge on any atom is -0.309 e. The summed E-state index contributed by atoms with van der Waals surface area (Å²) in [5.74, 6) is -0.998. The summed E-state index contributed by atoms with van der Waals surface area (Å²) in [7, 11) is 0. The Hall–Kier alpha value is -3.83. The van der Waals surface area contributed by atoms with Crippen LogP contribution in [-0.4, -0.2) is 30.1 Å². The molecule has 1 amide bonds. The second-order valence-corrected chi connectivity index (χ2v) is 7.48. The number of aromatic nitrogens is 5. The molecule has 4 aromatic rings. The quantitative estimate of drug-likeness (QED) is 0.486. The predicted octanol–water partition coefficient (Wildman–Crippen LogP) is 3.11. The summed E-state index contributed by atoms with van der Waals surface area (Å²) in [6.07, 6.45) is -0.583. The molecule has 1 saturated carbocycles. The Labute approximate surface area is 176 Å². The molecule has 1 aliphatic rings. The Bertz CT molecular complexity index is 1420. The van der Waals surface area contributed by atoms with Gasteiger partial charge >= 0.3 is 6.18 Å². The van der Waals surface area contributed by atoms with Crippen LogP contribution in [0.5, 0.6) is 0 Å². The average Bonchev–Trinajstić information content (AvgIpc) is 3.50. The van der Waals surface area contributed by atoms with Crippen LogP contribution in [-0.2, 0) is 17.5 Å². The van der Waals surface area contributed by atoms with Crippen molar-refractivity contribution in [2.24, 2.45) is 0 Å². The van der Waals surface area contributed by atoms with E-state index in [1.54, 1.807) is 0 Å². The van der Waals surface area contributed by atoms with Crippen LogP contribution in [0.4, 0.5) is 23.4 Å². The van der Waals surface area contributed by atoms with Gasteiger partial charge in [-0.05, 0) is 43.0 Å². The SMILES string of the molecule is O=C(Cn1c(=O)c2ccc(C(F)(F)F)nc2n2ncc(C3CC3)c12)Nc1ccc(F)cn1. The molecule has 1 fully saturated rings. The Morgan fingerprint density at radius 2 is 1.94 bits per heavy atom. The fourth-order valence-electron chi connectivity index (χ4n) is 3.56. The molecule has 1 aliphatic carbocycles. The normalized spacial score (nSPS) is 14.2. The van der Waals surface area contributed by atoms with Gasteiger partial charge in [-0.1, -0.05) is 0 Å². The predicted molar refractivity (Wildman–Crippen MR) is 105 cm³/mol. The summed E-state index contributed by atoms with van der Waals surface area (Å²) in [5.41, 5.74) is -1.16. The second-order valence-electron chi connectivity index (χ2n) is 7.48. The van der Waals surface area contributed by atoms with Gasteiger partial charge in [0.25, 0.3) is 5.56 Å². The lowest BCUT2D eigenvalue weighted by Crippen LogP contribution is -2.30. The number of fused-ring (bicyclic) bond motifs is 3. The van der Waals surface area contributed by atoms with Crippen molar-refractivity contribution < 1.29 is 22.4 Å². The van der Waals surface area contributed by atoms with Crippen LogP contribution in [0.15, 0.2) is 41.5 Å². The van der Waals surface area contributed by atoms with E-state index in [9.17, 15) is 27.2 Å². The molecule has 5 rings (SSSR count). The standard InChI is InChI=1S/C20H14F4N6O2/c21-11-3-6-15(25-7-11)28-16(31)9-29-18-13(10-1-2-10)8-26-30(18)17-12(19(29)32)4-5-14(27-17)20(22,23)24/h3-8,10H,1-2,9H2,(H,25,28,31). The van der Waals surface area contributed by atoms with Crippen LogP contribution in [0.25, 0.3) is 16.7 Å². The largest absolute Gasteiger partial charge is 0.433 e. The lowest BCUT2D eigenvalue weighted by Gasteiger charge is -2.13. The van der Waals surface area contributed by atoms with Crippen molar-refractivity contribution in [3.8, 4) is 0 Å². The number of nitrogens with zero attached hydrogens (tertiary/aromatic N) is 5. The topological polar surface area (TPSA) is 94.2 Å². The van der Waals surface area contributed by atoms with E-state index in [-0.39, 0.29) is 28.4 Å². The first kappa shape index (κ1) is 20.1. The molecule has 1 N–H and O–H groups in total. The van der Waals surface area contributed by atoms with Crippen LogP contribution in [0.3, 0.4) is 0 Å². The highest BCUT2D eigenvalue weighted by atomic mass is 19.4. The minimum absolute atomic E-state index is 0.0914. The fourth-order valence-corrected chi connectivity index (χ4v) is 3.56. The van der Waals surface area contributed by atoms with E-state index < -0.39 is 35.7 Å². The number of halogens is 4. The second kappa shape index (κ2) is 7.11. The van der Waals surface area contributed by atoms with Crippen LogP contribution in [0, 0.1) is 5.82 Å². The molecule has 12 heteroatoms. The molecule has 0 aliphatic heterocycles. The highest BCUT2D eigenvalue weighted by Crippen LogP contribution is 2.42. The summed E-state index contributed by atoms with van der Waals surface area (Å²) in [5, 5.41) is 6.54. The zero-order valence-corrected chi connectivity index (χ0v) is 16.2. The van der Waals surface area contributed by atoms with Crippen LogP contribution in [0.1, 0.15) is 30.0 Å². The number of anilines is 1. The monoisotopic (exact) mass is 446 g/mol. The first-order valence-electron chi connectivity index (χ1n) is 9.62. The van der Waals surface area contributed by atoms with Crippen LogP contribution >= 0.6 is 0 Å². The number of nitrogens with one attached hydrogen (secondary N) is 1. The van der Waals surface area contributed by atoms with Gasteiger partial charge in [0.05, 0.1) is 17.8 Å². The van der Waals surface area contributed by atoms with Gasteiger partial charge in [0, 0.05) is 5.56 Å². The van der Waals surface area contributed by atoms with Gasteiger partial charge in [-0.25, -0.2) is 14.4 Å². The number of pyridine rings is 2. The molecule has 0 spiro atoms. The molecule has 0 radical (unpaired) electrons. The molecule has 8 nitrogen and oxygen atoms in total. The number of hydrogen-bond donors (Lipinski definition) is 1. The van der Waals surface area contributed by atoms with Crippen molar-refractivity contribution in [3.63, 3.8) is 0 Å². The number of amides is 1. The van der Waals surface area contributed by atoms with E-state index in [0.29, 0.717) is 11.6 Å². The molecular formula is C20H14F4N6O2. The van der Waals surface area contributed by atoms with Gasteiger partial charge < -0.3 is 5.32 Å². The van der Waals surface area contributed by atoms with Crippen molar-refractivity contribution in [1.29, 1.82) is 0 Å². The third kappa shape index (κ3) is 3.47.